The van der Waals surface area contributed by atoms with Crippen molar-refractivity contribution in [2.45, 2.75) is 12.6 Å². The molecular formula is C10H11BrN2S. The number of hydrogen-bond acceptors (Lipinski definition) is 3. The van der Waals surface area contributed by atoms with Crippen LogP contribution in [0.15, 0.2) is 33.7 Å². The number of rotatable bonds is 2. The molecule has 1 aliphatic heterocycles. The topological polar surface area (TPSA) is 38.4 Å². The highest BCUT2D eigenvalue weighted by molar-refractivity contribution is 9.10. The highest BCUT2D eigenvalue weighted by Crippen LogP contribution is 2.19. The van der Waals surface area contributed by atoms with Gasteiger partial charge in [-0.1, -0.05) is 28.1 Å². The third kappa shape index (κ3) is 2.59. The molecule has 0 aliphatic carbocycles. The second-order valence-electron chi connectivity index (χ2n) is 3.20. The Kier molecular flexibility index (Phi) is 3.26. The number of hydrogen-bond donors (Lipinski definition) is 1. The van der Waals surface area contributed by atoms with E-state index in [1.165, 1.54) is 5.56 Å². The maximum absolute atomic E-state index is 5.69. The molecule has 0 amide bonds. The molecule has 4 heteroatoms. The Morgan fingerprint density at radius 2 is 2.14 bits per heavy atom. The van der Waals surface area contributed by atoms with Gasteiger partial charge in [0.05, 0.1) is 5.04 Å². The molecule has 0 saturated heterocycles. The van der Waals surface area contributed by atoms with Crippen molar-refractivity contribution in [3.05, 3.63) is 34.3 Å². The largest absolute Gasteiger partial charge is 0.309 e. The lowest BCUT2D eigenvalue weighted by atomic mass is 10.2. The van der Waals surface area contributed by atoms with Gasteiger partial charge in [0.25, 0.3) is 0 Å². The van der Waals surface area contributed by atoms with Gasteiger partial charge in [0.1, 0.15) is 6.17 Å². The first kappa shape index (κ1) is 10.2. The zero-order valence-electron chi connectivity index (χ0n) is 7.61. The number of aliphatic imine (C=N–C) groups is 1. The Morgan fingerprint density at radius 1 is 1.43 bits per heavy atom. The van der Waals surface area contributed by atoms with Crippen molar-refractivity contribution >= 4 is 32.7 Å². The molecule has 74 valence electrons. The Labute approximate surface area is 96.1 Å². The average molecular weight is 271 g/mol. The van der Waals surface area contributed by atoms with E-state index in [4.69, 9.17) is 5.73 Å². The van der Waals surface area contributed by atoms with Gasteiger partial charge in [0, 0.05) is 16.6 Å². The van der Waals surface area contributed by atoms with E-state index in [0.717, 1.165) is 21.7 Å². The van der Waals surface area contributed by atoms with Crippen LogP contribution in [0.1, 0.15) is 5.56 Å². The molecule has 2 nitrogen and oxygen atoms in total. The maximum atomic E-state index is 5.69. The van der Waals surface area contributed by atoms with E-state index in [9.17, 15) is 0 Å². The monoisotopic (exact) mass is 270 g/mol. The van der Waals surface area contributed by atoms with Crippen molar-refractivity contribution in [1.82, 2.24) is 0 Å². The van der Waals surface area contributed by atoms with Crippen molar-refractivity contribution in [3.63, 3.8) is 0 Å². The summed E-state index contributed by atoms with van der Waals surface area (Å²) in [6, 6.07) is 8.32. The first-order valence-electron chi connectivity index (χ1n) is 4.43. The fourth-order valence-corrected chi connectivity index (χ4v) is 2.50. The second kappa shape index (κ2) is 4.47. The predicted octanol–water partition coefficient (Wildman–Crippen LogP) is 2.42. The number of nitrogens with two attached hydrogens (primary N) is 1. The van der Waals surface area contributed by atoms with Gasteiger partial charge < -0.3 is 5.73 Å². The fraction of sp³-hybridized carbons (Fsp3) is 0.300. The van der Waals surface area contributed by atoms with Crippen molar-refractivity contribution in [2.24, 2.45) is 10.7 Å². The molecule has 1 heterocycles. The molecule has 1 aromatic carbocycles. The molecule has 2 rings (SSSR count). The van der Waals surface area contributed by atoms with E-state index < -0.39 is 0 Å². The van der Waals surface area contributed by atoms with Gasteiger partial charge in [-0.2, -0.15) is 0 Å². The summed E-state index contributed by atoms with van der Waals surface area (Å²) >= 11 is 5.18. The van der Waals surface area contributed by atoms with Gasteiger partial charge in [-0.25, -0.2) is 0 Å². The lowest BCUT2D eigenvalue weighted by Crippen LogP contribution is -2.15. The van der Waals surface area contributed by atoms with E-state index in [1.54, 1.807) is 11.8 Å². The van der Waals surface area contributed by atoms with E-state index in [2.05, 4.69) is 45.2 Å². The van der Waals surface area contributed by atoms with E-state index in [1.807, 2.05) is 0 Å². The van der Waals surface area contributed by atoms with Crippen molar-refractivity contribution in [1.29, 1.82) is 0 Å². The molecule has 1 unspecified atom stereocenters. The van der Waals surface area contributed by atoms with Crippen LogP contribution in [0.3, 0.4) is 0 Å². The predicted molar refractivity (Wildman–Crippen MR) is 65.7 cm³/mol. The summed E-state index contributed by atoms with van der Waals surface area (Å²) in [4.78, 5) is 4.35. The quantitative estimate of drug-likeness (QED) is 0.897. The van der Waals surface area contributed by atoms with Crippen molar-refractivity contribution in [3.8, 4) is 0 Å². The number of nitrogens with zero attached hydrogens (tertiary/aromatic N) is 1. The van der Waals surface area contributed by atoms with Gasteiger partial charge in [0.15, 0.2) is 0 Å². The van der Waals surface area contributed by atoms with Crippen LogP contribution in [-0.2, 0) is 6.42 Å². The lowest BCUT2D eigenvalue weighted by Gasteiger charge is -1.99. The van der Waals surface area contributed by atoms with Crippen LogP contribution in [0.5, 0.6) is 0 Å². The standard InChI is InChI=1S/C10H11BrN2S/c11-8-3-1-7(2-4-8)5-10-13-9(12)6-14-10/h1-4,9H,5-6,12H2. The first-order valence-corrected chi connectivity index (χ1v) is 6.21. The Hall–Kier alpha value is -0.320. The van der Waals surface area contributed by atoms with Crippen LogP contribution in [0, 0.1) is 0 Å². The number of halogens is 1. The van der Waals surface area contributed by atoms with Crippen LogP contribution in [0.2, 0.25) is 0 Å². The summed E-state index contributed by atoms with van der Waals surface area (Å²) < 4.78 is 1.11. The number of thioether (sulfide) groups is 1. The third-order valence-electron chi connectivity index (χ3n) is 2.00. The van der Waals surface area contributed by atoms with Crippen LogP contribution >= 0.6 is 27.7 Å². The minimum Gasteiger partial charge on any atom is -0.309 e. The number of benzene rings is 1. The summed E-state index contributed by atoms with van der Waals surface area (Å²) in [7, 11) is 0. The van der Waals surface area contributed by atoms with Crippen LogP contribution in [0.4, 0.5) is 0 Å². The molecule has 0 aromatic heterocycles. The second-order valence-corrected chi connectivity index (χ2v) is 5.21. The molecule has 0 spiro atoms. The zero-order chi connectivity index (χ0) is 9.97. The van der Waals surface area contributed by atoms with E-state index in [0.29, 0.717) is 0 Å². The minimum atomic E-state index is 0.00504. The smallest absolute Gasteiger partial charge is 0.107 e. The summed E-state index contributed by atoms with van der Waals surface area (Å²) in [5, 5.41) is 1.15. The highest BCUT2D eigenvalue weighted by atomic mass is 79.9. The fourth-order valence-electron chi connectivity index (χ4n) is 1.31. The van der Waals surface area contributed by atoms with E-state index >= 15 is 0 Å². The minimum absolute atomic E-state index is 0.00504. The molecule has 2 N–H and O–H groups in total. The van der Waals surface area contributed by atoms with Gasteiger partial charge in [-0.15, -0.1) is 11.8 Å². The molecule has 14 heavy (non-hydrogen) atoms. The van der Waals surface area contributed by atoms with Crippen molar-refractivity contribution in [2.75, 3.05) is 5.75 Å². The average Bonchev–Trinajstić information content (AvgIpc) is 2.56. The van der Waals surface area contributed by atoms with Gasteiger partial charge >= 0.3 is 0 Å². The van der Waals surface area contributed by atoms with Gasteiger partial charge in [0.2, 0.25) is 0 Å². The molecule has 0 fully saturated rings. The molecule has 1 aliphatic rings. The Balaban J connectivity index is 2.04. The third-order valence-corrected chi connectivity index (χ3v) is 3.62. The summed E-state index contributed by atoms with van der Waals surface area (Å²) in [5.74, 6) is 0.922. The van der Waals surface area contributed by atoms with Crippen LogP contribution in [0.25, 0.3) is 0 Å². The summed E-state index contributed by atoms with van der Waals surface area (Å²) in [5.41, 5.74) is 6.97. The molecular weight excluding hydrogens is 260 g/mol. The summed E-state index contributed by atoms with van der Waals surface area (Å²) in [6.45, 7) is 0. The highest BCUT2D eigenvalue weighted by Gasteiger charge is 2.13. The zero-order valence-corrected chi connectivity index (χ0v) is 10.0. The molecule has 1 aromatic rings. The van der Waals surface area contributed by atoms with Crippen LogP contribution in [-0.4, -0.2) is 17.0 Å². The van der Waals surface area contributed by atoms with Crippen molar-refractivity contribution < 1.29 is 0 Å². The van der Waals surface area contributed by atoms with Crippen LogP contribution < -0.4 is 5.73 Å². The maximum Gasteiger partial charge on any atom is 0.107 e. The molecule has 0 radical (unpaired) electrons. The SMILES string of the molecule is NC1CSC(Cc2ccc(Br)cc2)=N1. The Bertz CT molecular complexity index is 348. The molecule has 0 bridgehead atoms. The Morgan fingerprint density at radius 3 is 2.71 bits per heavy atom. The summed E-state index contributed by atoms with van der Waals surface area (Å²) in [6.07, 6.45) is 0.913. The first-order chi connectivity index (χ1) is 6.74. The molecule has 1 atom stereocenters. The van der Waals surface area contributed by atoms with Gasteiger partial charge in [-0.05, 0) is 17.7 Å². The normalized spacial score (nSPS) is 21.0. The van der Waals surface area contributed by atoms with E-state index in [-0.39, 0.29) is 6.17 Å². The van der Waals surface area contributed by atoms with Gasteiger partial charge in [-0.3, -0.25) is 4.99 Å². The lowest BCUT2D eigenvalue weighted by molar-refractivity contribution is 0.817. The molecule has 0 saturated carbocycles.